The molecule has 0 aliphatic rings. The van der Waals surface area contributed by atoms with Crippen LogP contribution in [-0.4, -0.2) is 26.9 Å². The minimum atomic E-state index is -0.474. The number of aromatic nitrogens is 3. The molecule has 1 N–H and O–H groups in total. The third kappa shape index (κ3) is 3.32. The molecule has 0 saturated carbocycles. The summed E-state index contributed by atoms with van der Waals surface area (Å²) in [6, 6.07) is 3.86. The van der Waals surface area contributed by atoms with E-state index in [-0.39, 0.29) is 0 Å². The van der Waals surface area contributed by atoms with Gasteiger partial charge >= 0.3 is 0 Å². The van der Waals surface area contributed by atoms with Gasteiger partial charge in [0.05, 0.1) is 29.9 Å². The SMILES string of the molecule is CC[C@@H](O)c1ccc(N(C)Cc2cnn(C)c2)cn1. The van der Waals surface area contributed by atoms with Gasteiger partial charge in [0.2, 0.25) is 0 Å². The van der Waals surface area contributed by atoms with Crippen LogP contribution in [-0.2, 0) is 13.6 Å². The van der Waals surface area contributed by atoms with Crippen LogP contribution in [0.25, 0.3) is 0 Å². The zero-order chi connectivity index (χ0) is 13.8. The van der Waals surface area contributed by atoms with Crippen molar-refractivity contribution >= 4 is 5.69 Å². The number of hydrogen-bond donors (Lipinski definition) is 1. The summed E-state index contributed by atoms with van der Waals surface area (Å²) < 4.78 is 1.79. The first kappa shape index (κ1) is 13.5. The highest BCUT2D eigenvalue weighted by Gasteiger charge is 2.08. The molecule has 0 aromatic carbocycles. The van der Waals surface area contributed by atoms with E-state index >= 15 is 0 Å². The highest BCUT2D eigenvalue weighted by Crippen LogP contribution is 2.18. The van der Waals surface area contributed by atoms with Crippen molar-refractivity contribution in [2.24, 2.45) is 7.05 Å². The van der Waals surface area contributed by atoms with Crippen LogP contribution >= 0.6 is 0 Å². The summed E-state index contributed by atoms with van der Waals surface area (Å²) in [5.74, 6) is 0. The zero-order valence-corrected chi connectivity index (χ0v) is 11.6. The van der Waals surface area contributed by atoms with Crippen LogP contribution in [0.5, 0.6) is 0 Å². The summed E-state index contributed by atoms with van der Waals surface area (Å²) in [7, 11) is 3.92. The number of hydrogen-bond acceptors (Lipinski definition) is 4. The Morgan fingerprint density at radius 3 is 2.68 bits per heavy atom. The summed E-state index contributed by atoms with van der Waals surface area (Å²) in [5.41, 5.74) is 2.90. The number of aliphatic hydroxyl groups excluding tert-OH is 1. The monoisotopic (exact) mass is 260 g/mol. The Morgan fingerprint density at radius 2 is 2.16 bits per heavy atom. The van der Waals surface area contributed by atoms with Gasteiger partial charge in [-0.15, -0.1) is 0 Å². The van der Waals surface area contributed by atoms with Gasteiger partial charge in [0.25, 0.3) is 0 Å². The van der Waals surface area contributed by atoms with E-state index in [1.807, 2.05) is 45.5 Å². The fraction of sp³-hybridized carbons (Fsp3) is 0.429. The van der Waals surface area contributed by atoms with Gasteiger partial charge in [-0.3, -0.25) is 9.67 Å². The number of aliphatic hydroxyl groups is 1. The molecule has 0 spiro atoms. The molecular weight excluding hydrogens is 240 g/mol. The maximum atomic E-state index is 9.71. The lowest BCUT2D eigenvalue weighted by Crippen LogP contribution is -2.16. The standard InChI is InChI=1S/C14H20N4O/c1-4-14(19)13-6-5-12(8-15-13)17(2)9-11-7-16-18(3)10-11/h5-8,10,14,19H,4,9H2,1-3H3/t14-/m1/s1. The topological polar surface area (TPSA) is 54.2 Å². The second kappa shape index (κ2) is 5.84. The molecule has 0 bridgehead atoms. The van der Waals surface area contributed by atoms with E-state index in [4.69, 9.17) is 0 Å². The van der Waals surface area contributed by atoms with Crippen molar-refractivity contribution in [3.63, 3.8) is 0 Å². The molecule has 19 heavy (non-hydrogen) atoms. The summed E-state index contributed by atoms with van der Waals surface area (Å²) in [6.07, 6.45) is 5.86. The maximum Gasteiger partial charge on any atom is 0.0957 e. The van der Waals surface area contributed by atoms with Gasteiger partial charge in [-0.2, -0.15) is 5.10 Å². The van der Waals surface area contributed by atoms with Crippen LogP contribution in [0.1, 0.15) is 30.7 Å². The molecule has 5 nitrogen and oxygen atoms in total. The molecule has 2 aromatic rings. The molecule has 0 radical (unpaired) electrons. The van der Waals surface area contributed by atoms with Gasteiger partial charge in [0.15, 0.2) is 0 Å². The smallest absolute Gasteiger partial charge is 0.0957 e. The molecule has 5 heteroatoms. The third-order valence-electron chi connectivity index (χ3n) is 3.12. The average molecular weight is 260 g/mol. The van der Waals surface area contributed by atoms with Crippen molar-refractivity contribution in [3.05, 3.63) is 42.0 Å². The van der Waals surface area contributed by atoms with Crippen LogP contribution in [0, 0.1) is 0 Å². The summed E-state index contributed by atoms with van der Waals surface area (Å²) >= 11 is 0. The second-order valence-electron chi connectivity index (χ2n) is 4.74. The van der Waals surface area contributed by atoms with Crippen LogP contribution in [0.4, 0.5) is 5.69 Å². The Kier molecular flexibility index (Phi) is 4.16. The van der Waals surface area contributed by atoms with Gasteiger partial charge in [-0.05, 0) is 18.6 Å². The molecule has 102 valence electrons. The maximum absolute atomic E-state index is 9.71. The molecular formula is C14H20N4O. The van der Waals surface area contributed by atoms with Crippen molar-refractivity contribution in [1.29, 1.82) is 0 Å². The lowest BCUT2D eigenvalue weighted by molar-refractivity contribution is 0.169. The summed E-state index contributed by atoms with van der Waals surface area (Å²) in [4.78, 5) is 6.41. The fourth-order valence-corrected chi connectivity index (χ4v) is 1.95. The number of anilines is 1. The predicted octanol–water partition coefficient (Wildman–Crippen LogP) is 1.89. The Balaban J connectivity index is 2.05. The Hall–Kier alpha value is -1.88. The molecule has 0 saturated heterocycles. The molecule has 2 heterocycles. The lowest BCUT2D eigenvalue weighted by atomic mass is 10.2. The molecule has 0 aliphatic carbocycles. The van der Waals surface area contributed by atoms with Gasteiger partial charge in [-0.1, -0.05) is 6.92 Å². The van der Waals surface area contributed by atoms with E-state index in [0.717, 1.165) is 23.5 Å². The molecule has 0 fully saturated rings. The summed E-state index contributed by atoms with van der Waals surface area (Å²) in [6.45, 7) is 2.72. The molecule has 2 aromatic heterocycles. The van der Waals surface area contributed by atoms with Crippen LogP contribution in [0.2, 0.25) is 0 Å². The van der Waals surface area contributed by atoms with E-state index in [1.165, 1.54) is 0 Å². The van der Waals surface area contributed by atoms with Crippen LogP contribution in [0.3, 0.4) is 0 Å². The molecule has 0 amide bonds. The van der Waals surface area contributed by atoms with Crippen molar-refractivity contribution in [1.82, 2.24) is 14.8 Å². The molecule has 0 aliphatic heterocycles. The quantitative estimate of drug-likeness (QED) is 0.892. The first-order valence-corrected chi connectivity index (χ1v) is 6.42. The van der Waals surface area contributed by atoms with Gasteiger partial charge in [-0.25, -0.2) is 0 Å². The zero-order valence-electron chi connectivity index (χ0n) is 11.6. The van der Waals surface area contributed by atoms with Crippen molar-refractivity contribution < 1.29 is 5.11 Å². The average Bonchev–Trinajstić information content (AvgIpc) is 2.83. The van der Waals surface area contributed by atoms with E-state index in [2.05, 4.69) is 15.0 Å². The Labute approximate surface area is 113 Å². The number of aryl methyl sites for hydroxylation is 1. The van der Waals surface area contributed by atoms with E-state index < -0.39 is 6.10 Å². The van der Waals surface area contributed by atoms with Gasteiger partial charge < -0.3 is 10.0 Å². The number of pyridine rings is 1. The fourth-order valence-electron chi connectivity index (χ4n) is 1.95. The predicted molar refractivity (Wildman–Crippen MR) is 74.8 cm³/mol. The number of rotatable bonds is 5. The first-order valence-electron chi connectivity index (χ1n) is 6.42. The second-order valence-corrected chi connectivity index (χ2v) is 4.74. The van der Waals surface area contributed by atoms with E-state index in [9.17, 15) is 5.11 Å². The molecule has 2 rings (SSSR count). The van der Waals surface area contributed by atoms with E-state index in [1.54, 1.807) is 10.9 Å². The lowest BCUT2D eigenvalue weighted by Gasteiger charge is -2.18. The van der Waals surface area contributed by atoms with Gasteiger partial charge in [0.1, 0.15) is 0 Å². The molecule has 1 atom stereocenters. The Morgan fingerprint density at radius 1 is 1.37 bits per heavy atom. The Bertz CT molecular complexity index is 520. The van der Waals surface area contributed by atoms with Gasteiger partial charge in [0, 0.05) is 32.4 Å². The summed E-state index contributed by atoms with van der Waals surface area (Å²) in [5, 5.41) is 13.9. The number of nitrogens with zero attached hydrogens (tertiary/aromatic N) is 4. The molecule has 0 unspecified atom stereocenters. The minimum absolute atomic E-state index is 0.474. The highest BCUT2D eigenvalue weighted by atomic mass is 16.3. The van der Waals surface area contributed by atoms with E-state index in [0.29, 0.717) is 6.42 Å². The van der Waals surface area contributed by atoms with Crippen LogP contribution in [0.15, 0.2) is 30.7 Å². The normalized spacial score (nSPS) is 12.4. The van der Waals surface area contributed by atoms with Crippen molar-refractivity contribution in [2.75, 3.05) is 11.9 Å². The van der Waals surface area contributed by atoms with Crippen molar-refractivity contribution in [2.45, 2.75) is 26.0 Å². The minimum Gasteiger partial charge on any atom is -0.387 e. The largest absolute Gasteiger partial charge is 0.387 e. The highest BCUT2D eigenvalue weighted by molar-refractivity contribution is 5.44. The third-order valence-corrected chi connectivity index (χ3v) is 3.12. The van der Waals surface area contributed by atoms with Crippen LogP contribution < -0.4 is 4.90 Å². The van der Waals surface area contributed by atoms with Crippen molar-refractivity contribution in [3.8, 4) is 0 Å². The first-order chi connectivity index (χ1) is 9.10.